The number of amidine groups is 1. The molecule has 0 radical (unpaired) electrons. The molecule has 8 nitrogen and oxygen atoms in total. The molecule has 2 aromatic carbocycles. The number of carbonyl (C=O) groups is 1. The maximum atomic E-state index is 12.9. The molecule has 0 fully saturated rings. The number of benzene rings is 2. The van der Waals surface area contributed by atoms with Crippen LogP contribution in [-0.2, 0) is 21.2 Å². The number of fused-ring (bicyclic) bond motifs is 2. The van der Waals surface area contributed by atoms with Crippen LogP contribution in [0.25, 0.3) is 0 Å². The number of rotatable bonds is 8. The summed E-state index contributed by atoms with van der Waals surface area (Å²) in [5.41, 5.74) is 1.52. The highest BCUT2D eigenvalue weighted by Crippen LogP contribution is 2.30. The summed E-state index contributed by atoms with van der Waals surface area (Å²) in [5, 5.41) is 2.93. The van der Waals surface area contributed by atoms with Crippen LogP contribution in [-0.4, -0.2) is 58.0 Å². The second kappa shape index (κ2) is 9.83. The molecule has 0 saturated heterocycles. The molecule has 0 aromatic heterocycles. The second-order valence-corrected chi connectivity index (χ2v) is 10.0. The first-order chi connectivity index (χ1) is 15.5. The van der Waals surface area contributed by atoms with Gasteiger partial charge in [0.05, 0.1) is 4.90 Å². The van der Waals surface area contributed by atoms with Gasteiger partial charge in [-0.3, -0.25) is 14.5 Å². The van der Waals surface area contributed by atoms with Gasteiger partial charge in [-0.25, -0.2) is 8.42 Å². The van der Waals surface area contributed by atoms with Crippen LogP contribution in [0.1, 0.15) is 17.5 Å². The zero-order valence-electron chi connectivity index (χ0n) is 17.7. The van der Waals surface area contributed by atoms with Gasteiger partial charge in [0, 0.05) is 12.1 Å². The van der Waals surface area contributed by atoms with Crippen LogP contribution in [0, 0.1) is 0 Å². The predicted molar refractivity (Wildman–Crippen MR) is 124 cm³/mol. The van der Waals surface area contributed by atoms with Gasteiger partial charge in [-0.05, 0) is 54.7 Å². The minimum absolute atomic E-state index is 0.182. The van der Waals surface area contributed by atoms with E-state index < -0.39 is 16.1 Å². The summed E-state index contributed by atoms with van der Waals surface area (Å²) in [7, 11) is -3.65. The van der Waals surface area contributed by atoms with E-state index in [0.717, 1.165) is 22.8 Å². The highest BCUT2D eigenvalue weighted by molar-refractivity contribution is 7.98. The van der Waals surface area contributed by atoms with E-state index in [1.807, 2.05) is 24.5 Å². The number of hydrogen-bond donors (Lipinski definition) is 2. The van der Waals surface area contributed by atoms with Gasteiger partial charge in [0.2, 0.25) is 5.91 Å². The molecule has 0 spiro atoms. The van der Waals surface area contributed by atoms with E-state index in [0.29, 0.717) is 38.2 Å². The predicted octanol–water partition coefficient (Wildman–Crippen LogP) is 1.98. The third-order valence-electron chi connectivity index (χ3n) is 5.17. The van der Waals surface area contributed by atoms with Crippen molar-refractivity contribution in [1.29, 1.82) is 0 Å². The lowest BCUT2D eigenvalue weighted by Crippen LogP contribution is -2.37. The number of nitrogens with zero attached hydrogens (tertiary/aromatic N) is 1. The van der Waals surface area contributed by atoms with E-state index in [9.17, 15) is 13.2 Å². The molecule has 2 aliphatic heterocycles. The van der Waals surface area contributed by atoms with Gasteiger partial charge in [0.15, 0.2) is 11.5 Å². The molecule has 0 bridgehead atoms. The number of amides is 1. The Morgan fingerprint density at radius 2 is 1.97 bits per heavy atom. The summed E-state index contributed by atoms with van der Waals surface area (Å²) in [6.45, 7) is 1.50. The Hall–Kier alpha value is -2.72. The molecule has 4 rings (SSSR count). The molecule has 2 aromatic rings. The molecule has 1 amide bonds. The van der Waals surface area contributed by atoms with Crippen LogP contribution in [0.5, 0.6) is 11.5 Å². The quantitative estimate of drug-likeness (QED) is 0.605. The van der Waals surface area contributed by atoms with Crippen molar-refractivity contribution >= 4 is 33.5 Å². The molecular formula is C22H25N3O5S2. The molecular weight excluding hydrogens is 450 g/mol. The van der Waals surface area contributed by atoms with Crippen molar-refractivity contribution in [3.05, 3.63) is 53.6 Å². The lowest BCUT2D eigenvalue weighted by atomic mass is 10.1. The van der Waals surface area contributed by atoms with Crippen molar-refractivity contribution < 1.29 is 22.7 Å². The van der Waals surface area contributed by atoms with Crippen molar-refractivity contribution in [1.82, 2.24) is 10.0 Å². The largest absolute Gasteiger partial charge is 0.486 e. The average Bonchev–Trinajstić information content (AvgIpc) is 3.06. The zero-order chi connectivity index (χ0) is 22.6. The lowest BCUT2D eigenvalue weighted by Gasteiger charge is -2.19. The number of thioether (sulfide) groups is 1. The molecule has 0 saturated carbocycles. The Labute approximate surface area is 191 Å². The fourth-order valence-electron chi connectivity index (χ4n) is 3.56. The van der Waals surface area contributed by atoms with E-state index in [2.05, 4.69) is 15.0 Å². The molecule has 170 valence electrons. The molecule has 1 atom stereocenters. The van der Waals surface area contributed by atoms with Gasteiger partial charge >= 0.3 is 0 Å². The van der Waals surface area contributed by atoms with Gasteiger partial charge in [-0.15, -0.1) is 0 Å². The first-order valence-corrected chi connectivity index (χ1v) is 13.2. The summed E-state index contributed by atoms with van der Waals surface area (Å²) >= 11 is 1.61. The first-order valence-electron chi connectivity index (χ1n) is 10.3. The summed E-state index contributed by atoms with van der Waals surface area (Å²) in [4.78, 5) is 17.6. The van der Waals surface area contributed by atoms with E-state index in [1.54, 1.807) is 30.0 Å². The van der Waals surface area contributed by atoms with Crippen LogP contribution < -0.4 is 19.5 Å². The Bertz CT molecular complexity index is 1130. The van der Waals surface area contributed by atoms with Crippen molar-refractivity contribution in [3.8, 4) is 11.5 Å². The van der Waals surface area contributed by atoms with E-state index in [-0.39, 0.29) is 16.6 Å². The van der Waals surface area contributed by atoms with Crippen LogP contribution in [0.4, 0.5) is 0 Å². The summed E-state index contributed by atoms with van der Waals surface area (Å²) in [5.74, 6) is 2.17. The molecule has 1 unspecified atom stereocenters. The standard InChI is InChI=1S/C22H25N3O5S2/c1-31-13-9-17(24-21-16-4-2-3-5-20(16)32(27,28)25-21)22(26)23-10-8-15-6-7-18-19(14-15)30-12-11-29-18/h2-7,14,17H,8-13H2,1H3,(H,23,26)(H,24,25). The number of ether oxygens (including phenoxy) is 2. The topological polar surface area (TPSA) is 106 Å². The maximum Gasteiger partial charge on any atom is 0.263 e. The molecule has 0 aliphatic carbocycles. The second-order valence-electron chi connectivity index (χ2n) is 7.40. The minimum atomic E-state index is -3.65. The van der Waals surface area contributed by atoms with Crippen molar-refractivity contribution in [2.24, 2.45) is 4.99 Å². The van der Waals surface area contributed by atoms with E-state index in [4.69, 9.17) is 9.47 Å². The third-order valence-corrected chi connectivity index (χ3v) is 7.21. The van der Waals surface area contributed by atoms with Crippen molar-refractivity contribution in [3.63, 3.8) is 0 Å². The summed E-state index contributed by atoms with van der Waals surface area (Å²) in [6.07, 6.45) is 3.09. The lowest BCUT2D eigenvalue weighted by molar-refractivity contribution is -0.122. The Kier molecular flexibility index (Phi) is 6.90. The summed E-state index contributed by atoms with van der Waals surface area (Å²) < 4.78 is 38.3. The highest BCUT2D eigenvalue weighted by Gasteiger charge is 2.31. The third kappa shape index (κ3) is 5.02. The number of hydrogen-bond acceptors (Lipinski definition) is 7. The molecule has 32 heavy (non-hydrogen) atoms. The van der Waals surface area contributed by atoms with Crippen molar-refractivity contribution in [2.75, 3.05) is 31.8 Å². The van der Waals surface area contributed by atoms with Gasteiger partial charge in [0.1, 0.15) is 25.1 Å². The number of sulfonamides is 1. The fourth-order valence-corrected chi connectivity index (χ4v) is 5.26. The van der Waals surface area contributed by atoms with Crippen LogP contribution in [0.3, 0.4) is 0 Å². The molecule has 2 heterocycles. The van der Waals surface area contributed by atoms with Gasteiger partial charge in [-0.2, -0.15) is 11.8 Å². The van der Waals surface area contributed by atoms with E-state index >= 15 is 0 Å². The minimum Gasteiger partial charge on any atom is -0.486 e. The zero-order valence-corrected chi connectivity index (χ0v) is 19.3. The Morgan fingerprint density at radius 3 is 2.78 bits per heavy atom. The van der Waals surface area contributed by atoms with E-state index in [1.165, 1.54) is 6.07 Å². The first kappa shape index (κ1) is 22.5. The average molecular weight is 476 g/mol. The monoisotopic (exact) mass is 475 g/mol. The van der Waals surface area contributed by atoms with Gasteiger partial charge in [0.25, 0.3) is 10.0 Å². The number of aliphatic imine (C=N–C) groups is 1. The SMILES string of the molecule is CSCCC(N=C1NS(=O)(=O)c2ccccc21)C(=O)NCCc1ccc2c(c1)OCCO2. The van der Waals surface area contributed by atoms with Gasteiger partial charge in [-0.1, -0.05) is 18.2 Å². The Morgan fingerprint density at radius 1 is 1.19 bits per heavy atom. The molecule has 2 aliphatic rings. The van der Waals surface area contributed by atoms with Gasteiger partial charge < -0.3 is 14.8 Å². The molecule has 2 N–H and O–H groups in total. The summed E-state index contributed by atoms with van der Waals surface area (Å²) in [6, 6.07) is 11.7. The normalized spacial score (nSPS) is 18.0. The smallest absolute Gasteiger partial charge is 0.263 e. The van der Waals surface area contributed by atoms with Crippen LogP contribution >= 0.6 is 11.8 Å². The number of nitrogens with one attached hydrogen (secondary N) is 2. The number of carbonyl (C=O) groups excluding carboxylic acids is 1. The van der Waals surface area contributed by atoms with Crippen molar-refractivity contribution in [2.45, 2.75) is 23.8 Å². The highest BCUT2D eigenvalue weighted by atomic mass is 32.2. The molecule has 10 heteroatoms. The van der Waals surface area contributed by atoms with Crippen LogP contribution in [0.2, 0.25) is 0 Å². The van der Waals surface area contributed by atoms with Crippen LogP contribution in [0.15, 0.2) is 52.4 Å². The Balaban J connectivity index is 1.43. The maximum absolute atomic E-state index is 12.9. The fraction of sp³-hybridized carbons (Fsp3) is 0.364.